The number of H-pyrrole nitrogens is 1. The first-order chi connectivity index (χ1) is 14.3. The summed E-state index contributed by atoms with van der Waals surface area (Å²) in [5.41, 5.74) is 1.20. The molecule has 0 spiro atoms. The number of anilines is 1. The van der Waals surface area contributed by atoms with Gasteiger partial charge >= 0.3 is 0 Å². The van der Waals surface area contributed by atoms with Gasteiger partial charge in [-0.1, -0.05) is 34.8 Å². The van der Waals surface area contributed by atoms with Crippen LogP contribution in [0.25, 0.3) is 11.0 Å². The van der Waals surface area contributed by atoms with Crippen molar-refractivity contribution in [3.8, 4) is 0 Å². The first-order valence-corrected chi connectivity index (χ1v) is 11.1. The number of aliphatic hydroxyl groups is 1. The Balaban J connectivity index is 1.77. The van der Waals surface area contributed by atoms with Crippen molar-refractivity contribution in [1.82, 2.24) is 15.0 Å². The van der Waals surface area contributed by atoms with Crippen LogP contribution in [0.1, 0.15) is 17.4 Å². The van der Waals surface area contributed by atoms with Crippen molar-refractivity contribution in [1.29, 1.82) is 0 Å². The molecule has 0 bridgehead atoms. The Labute approximate surface area is 186 Å². The Hall–Kier alpha value is -2.36. The molecule has 3 heterocycles. The van der Waals surface area contributed by atoms with E-state index in [4.69, 9.17) is 34.8 Å². The molecule has 30 heavy (non-hydrogen) atoms. The van der Waals surface area contributed by atoms with Gasteiger partial charge in [0.25, 0.3) is 10.0 Å². The molecule has 4 aromatic rings. The molecule has 0 saturated heterocycles. The molecular formula is C19H13Cl3N4O3S. The fourth-order valence-electron chi connectivity index (χ4n) is 2.97. The van der Waals surface area contributed by atoms with Gasteiger partial charge in [-0.2, -0.15) is 0 Å². The minimum atomic E-state index is -4.06. The Morgan fingerprint density at radius 2 is 1.83 bits per heavy atom. The molecule has 1 atom stereocenters. The van der Waals surface area contributed by atoms with Crippen LogP contribution in [-0.2, 0) is 10.0 Å². The molecule has 3 aromatic heterocycles. The van der Waals surface area contributed by atoms with Gasteiger partial charge in [-0.15, -0.1) is 0 Å². The number of hydrogen-bond donors (Lipinski definition) is 3. The van der Waals surface area contributed by atoms with Crippen LogP contribution in [0.15, 0.2) is 59.9 Å². The predicted octanol–water partition coefficient (Wildman–Crippen LogP) is 4.80. The number of rotatable bonds is 5. The number of hydrogen-bond acceptors (Lipinski definition) is 5. The lowest BCUT2D eigenvalue weighted by molar-refractivity contribution is 0.217. The molecule has 3 N–H and O–H groups in total. The van der Waals surface area contributed by atoms with Crippen molar-refractivity contribution in [3.63, 3.8) is 0 Å². The van der Waals surface area contributed by atoms with E-state index in [2.05, 4.69) is 19.7 Å². The molecule has 4 rings (SSSR count). The number of halogens is 3. The van der Waals surface area contributed by atoms with Crippen molar-refractivity contribution in [2.45, 2.75) is 11.0 Å². The second kappa shape index (κ2) is 8.05. The Kier molecular flexibility index (Phi) is 5.61. The first kappa shape index (κ1) is 20.9. The van der Waals surface area contributed by atoms with E-state index in [9.17, 15) is 13.5 Å². The largest absolute Gasteiger partial charge is 0.382 e. The molecule has 1 aromatic carbocycles. The van der Waals surface area contributed by atoms with Crippen molar-refractivity contribution in [2.24, 2.45) is 0 Å². The summed E-state index contributed by atoms with van der Waals surface area (Å²) < 4.78 is 28.2. The second-order valence-electron chi connectivity index (χ2n) is 6.31. The number of benzene rings is 1. The fourth-order valence-corrected chi connectivity index (χ4v) is 4.58. The van der Waals surface area contributed by atoms with Crippen LogP contribution in [-0.4, -0.2) is 28.5 Å². The highest BCUT2D eigenvalue weighted by Crippen LogP contribution is 2.33. The minimum Gasteiger partial charge on any atom is -0.382 e. The number of aliphatic hydroxyl groups excluding tert-OH is 1. The summed E-state index contributed by atoms with van der Waals surface area (Å²) in [7, 11) is -4.06. The number of aromatic nitrogens is 3. The van der Waals surface area contributed by atoms with Crippen LogP contribution in [0.5, 0.6) is 0 Å². The van der Waals surface area contributed by atoms with Crippen molar-refractivity contribution in [2.75, 3.05) is 4.72 Å². The number of aromatic amines is 1. The van der Waals surface area contributed by atoms with Crippen molar-refractivity contribution in [3.05, 3.63) is 81.3 Å². The monoisotopic (exact) mass is 482 g/mol. The van der Waals surface area contributed by atoms with E-state index >= 15 is 0 Å². The number of fused-ring (bicyclic) bond motifs is 1. The molecule has 0 radical (unpaired) electrons. The topological polar surface area (TPSA) is 108 Å². The van der Waals surface area contributed by atoms with E-state index in [0.717, 1.165) is 0 Å². The second-order valence-corrected chi connectivity index (χ2v) is 9.24. The zero-order valence-corrected chi connectivity index (χ0v) is 18.1. The smallest absolute Gasteiger partial charge is 0.262 e. The van der Waals surface area contributed by atoms with Gasteiger partial charge in [0.2, 0.25) is 0 Å². The molecule has 7 nitrogen and oxygen atoms in total. The summed E-state index contributed by atoms with van der Waals surface area (Å²) in [6.45, 7) is 0. The highest BCUT2D eigenvalue weighted by atomic mass is 35.5. The molecule has 11 heteroatoms. The molecule has 0 fully saturated rings. The highest BCUT2D eigenvalue weighted by molar-refractivity contribution is 7.92. The minimum absolute atomic E-state index is 0.0292. The number of nitrogens with zero attached hydrogens (tertiary/aromatic N) is 2. The molecule has 0 aliphatic carbocycles. The van der Waals surface area contributed by atoms with Gasteiger partial charge in [0.1, 0.15) is 11.8 Å². The van der Waals surface area contributed by atoms with Gasteiger partial charge in [-0.3, -0.25) is 9.71 Å². The van der Waals surface area contributed by atoms with Crippen LogP contribution >= 0.6 is 34.8 Å². The SMILES string of the molecule is O=S(=O)(Nc1cc(Cl)cnc1C(O)c1ccnc2[nH]ccc12)c1ccc(Cl)c(Cl)c1. The molecular weight excluding hydrogens is 471 g/mol. The third-order valence-corrected chi connectivity index (χ3v) is 6.69. The number of pyridine rings is 2. The Morgan fingerprint density at radius 1 is 1.03 bits per heavy atom. The summed E-state index contributed by atoms with van der Waals surface area (Å²) in [5, 5.41) is 12.2. The number of nitrogens with one attached hydrogen (secondary N) is 2. The van der Waals surface area contributed by atoms with E-state index in [1.807, 2.05) is 0 Å². The summed E-state index contributed by atoms with van der Waals surface area (Å²) >= 11 is 17.9. The lowest BCUT2D eigenvalue weighted by Gasteiger charge is -2.17. The molecule has 0 amide bonds. The molecule has 0 aliphatic heterocycles. The van der Waals surface area contributed by atoms with E-state index in [1.54, 1.807) is 18.3 Å². The quantitative estimate of drug-likeness (QED) is 0.378. The summed E-state index contributed by atoms with van der Waals surface area (Å²) in [5.74, 6) is 0. The third-order valence-electron chi connectivity index (χ3n) is 4.38. The number of sulfonamides is 1. The van der Waals surface area contributed by atoms with Crippen LogP contribution in [0.3, 0.4) is 0 Å². The van der Waals surface area contributed by atoms with Crippen molar-refractivity contribution >= 4 is 61.5 Å². The maximum Gasteiger partial charge on any atom is 0.262 e. The van der Waals surface area contributed by atoms with E-state index in [1.165, 1.54) is 36.7 Å². The van der Waals surface area contributed by atoms with Gasteiger partial charge in [0.05, 0.1) is 31.3 Å². The highest BCUT2D eigenvalue weighted by Gasteiger charge is 2.24. The van der Waals surface area contributed by atoms with Crippen LogP contribution < -0.4 is 4.72 Å². The average molecular weight is 484 g/mol. The van der Waals surface area contributed by atoms with Crippen LogP contribution in [0.4, 0.5) is 5.69 Å². The van der Waals surface area contributed by atoms with Crippen LogP contribution in [0, 0.1) is 0 Å². The maximum atomic E-state index is 12.9. The molecule has 0 aliphatic rings. The lowest BCUT2D eigenvalue weighted by Crippen LogP contribution is -2.16. The zero-order valence-electron chi connectivity index (χ0n) is 15.0. The van der Waals surface area contributed by atoms with E-state index in [0.29, 0.717) is 16.6 Å². The van der Waals surface area contributed by atoms with Gasteiger partial charge in [-0.05, 0) is 42.0 Å². The molecule has 1 unspecified atom stereocenters. The molecule has 154 valence electrons. The van der Waals surface area contributed by atoms with Crippen molar-refractivity contribution < 1.29 is 13.5 Å². The third kappa shape index (κ3) is 3.97. The standard InChI is InChI=1S/C19H13Cl3N4O3S/c20-10-7-16(26-30(28,29)11-1-2-14(21)15(22)8-11)17(25-9-10)18(27)12-3-5-23-19-13(12)4-6-24-19/h1-9,18,26-27H,(H,23,24). The lowest BCUT2D eigenvalue weighted by atomic mass is 10.0. The normalized spacial score (nSPS) is 12.8. The summed E-state index contributed by atoms with van der Waals surface area (Å²) in [6, 6.07) is 8.69. The average Bonchev–Trinajstić information content (AvgIpc) is 3.18. The van der Waals surface area contributed by atoms with Gasteiger partial charge in [0, 0.05) is 24.0 Å². The zero-order chi connectivity index (χ0) is 21.5. The van der Waals surface area contributed by atoms with Crippen LogP contribution in [0.2, 0.25) is 15.1 Å². The summed E-state index contributed by atoms with van der Waals surface area (Å²) in [4.78, 5) is 11.2. The van der Waals surface area contributed by atoms with Gasteiger partial charge in [-0.25, -0.2) is 13.4 Å². The molecule has 0 saturated carbocycles. The Bertz CT molecular complexity index is 1360. The first-order valence-electron chi connectivity index (χ1n) is 8.49. The fraction of sp³-hybridized carbons (Fsp3) is 0.0526. The van der Waals surface area contributed by atoms with Gasteiger partial charge in [0.15, 0.2) is 0 Å². The van der Waals surface area contributed by atoms with Gasteiger partial charge < -0.3 is 10.1 Å². The van der Waals surface area contributed by atoms with E-state index < -0.39 is 16.1 Å². The summed E-state index contributed by atoms with van der Waals surface area (Å²) in [6.07, 6.45) is 3.31. The maximum absolute atomic E-state index is 12.9. The van der Waals surface area contributed by atoms with E-state index in [-0.39, 0.29) is 31.3 Å². The Morgan fingerprint density at radius 3 is 2.60 bits per heavy atom. The predicted molar refractivity (Wildman–Crippen MR) is 117 cm³/mol.